The first-order valence-corrected chi connectivity index (χ1v) is 9.83. The van der Waals surface area contributed by atoms with Crippen molar-refractivity contribution in [2.24, 2.45) is 0 Å². The standard InChI is InChI=1S/C21H24F3N3O4/c1-11-14(6-4-7-15(11)21(22,23)24)12(2)25-19-18(20-30-8-5-9-31-20)16(10-17(28)29)26-13(3)27-19/h4,6-7,12,20H,5,8-10H2,1-3H3,(H,28,29)(H,25,26,27). The number of aromatic nitrogens is 2. The van der Waals surface area contributed by atoms with Crippen molar-refractivity contribution in [1.82, 2.24) is 9.97 Å². The summed E-state index contributed by atoms with van der Waals surface area (Å²) in [7, 11) is 0. The smallest absolute Gasteiger partial charge is 0.416 e. The molecule has 2 aromatic rings. The van der Waals surface area contributed by atoms with Crippen LogP contribution in [0.1, 0.15) is 59.4 Å². The first kappa shape index (κ1) is 23.0. The molecule has 1 unspecified atom stereocenters. The van der Waals surface area contributed by atoms with Crippen LogP contribution in [0.25, 0.3) is 0 Å². The summed E-state index contributed by atoms with van der Waals surface area (Å²) in [6.07, 6.45) is -5.00. The van der Waals surface area contributed by atoms with Gasteiger partial charge in [-0.1, -0.05) is 12.1 Å². The lowest BCUT2D eigenvalue weighted by Crippen LogP contribution is -2.24. The predicted octanol–water partition coefficient (Wildman–Crippen LogP) is 4.35. The van der Waals surface area contributed by atoms with Gasteiger partial charge in [-0.3, -0.25) is 4.79 Å². The Morgan fingerprint density at radius 1 is 1.26 bits per heavy atom. The molecule has 1 aliphatic rings. The molecule has 0 bridgehead atoms. The minimum absolute atomic E-state index is 0.109. The number of rotatable bonds is 6. The van der Waals surface area contributed by atoms with Crippen molar-refractivity contribution in [2.75, 3.05) is 18.5 Å². The van der Waals surface area contributed by atoms with Gasteiger partial charge >= 0.3 is 12.1 Å². The number of halogens is 3. The Morgan fingerprint density at radius 2 is 1.94 bits per heavy atom. The lowest BCUT2D eigenvalue weighted by Gasteiger charge is -2.28. The number of nitrogens with zero attached hydrogens (tertiary/aromatic N) is 2. The van der Waals surface area contributed by atoms with Gasteiger partial charge in [0.05, 0.1) is 42.5 Å². The molecule has 1 fully saturated rings. The zero-order chi connectivity index (χ0) is 22.8. The Hall–Kier alpha value is -2.72. The molecule has 0 aliphatic carbocycles. The highest BCUT2D eigenvalue weighted by molar-refractivity contribution is 5.71. The van der Waals surface area contributed by atoms with Crippen molar-refractivity contribution >= 4 is 11.8 Å². The van der Waals surface area contributed by atoms with Crippen LogP contribution in [-0.2, 0) is 26.9 Å². The molecule has 0 radical (unpaired) electrons. The van der Waals surface area contributed by atoms with Crippen LogP contribution in [0.3, 0.4) is 0 Å². The Kier molecular flexibility index (Phi) is 6.80. The summed E-state index contributed by atoms with van der Waals surface area (Å²) in [6.45, 7) is 5.59. The molecule has 1 aromatic carbocycles. The van der Waals surface area contributed by atoms with Crippen LogP contribution >= 0.6 is 0 Å². The van der Waals surface area contributed by atoms with Crippen LogP contribution in [0.15, 0.2) is 18.2 Å². The summed E-state index contributed by atoms with van der Waals surface area (Å²) in [5.74, 6) is -0.478. The molecule has 1 aromatic heterocycles. The van der Waals surface area contributed by atoms with Gasteiger partial charge in [-0.15, -0.1) is 0 Å². The molecule has 7 nitrogen and oxygen atoms in total. The van der Waals surface area contributed by atoms with E-state index in [2.05, 4.69) is 15.3 Å². The first-order valence-electron chi connectivity index (χ1n) is 9.83. The van der Waals surface area contributed by atoms with Gasteiger partial charge in [0.1, 0.15) is 11.6 Å². The lowest BCUT2D eigenvalue weighted by atomic mass is 9.97. The molecular weight excluding hydrogens is 415 g/mol. The second-order valence-electron chi connectivity index (χ2n) is 7.36. The van der Waals surface area contributed by atoms with E-state index >= 15 is 0 Å². The van der Waals surface area contributed by atoms with Crippen molar-refractivity contribution in [2.45, 2.75) is 52.1 Å². The highest BCUT2D eigenvalue weighted by Crippen LogP contribution is 2.37. The molecule has 2 N–H and O–H groups in total. The Bertz CT molecular complexity index is 960. The van der Waals surface area contributed by atoms with E-state index in [0.717, 1.165) is 6.07 Å². The molecule has 168 valence electrons. The monoisotopic (exact) mass is 439 g/mol. The van der Waals surface area contributed by atoms with Crippen LogP contribution < -0.4 is 5.32 Å². The fraction of sp³-hybridized carbons (Fsp3) is 0.476. The molecule has 0 saturated carbocycles. The van der Waals surface area contributed by atoms with Crippen molar-refractivity contribution in [3.05, 3.63) is 52.0 Å². The molecular formula is C21H24F3N3O4. The molecule has 31 heavy (non-hydrogen) atoms. The number of anilines is 1. The maximum Gasteiger partial charge on any atom is 0.416 e. The van der Waals surface area contributed by atoms with Crippen LogP contribution in [0.2, 0.25) is 0 Å². The average molecular weight is 439 g/mol. The predicted molar refractivity (Wildman–Crippen MR) is 106 cm³/mol. The number of alkyl halides is 3. The molecule has 1 aliphatic heterocycles. The number of carbonyl (C=O) groups is 1. The van der Waals surface area contributed by atoms with E-state index in [1.807, 2.05) is 0 Å². The summed E-state index contributed by atoms with van der Waals surface area (Å²) in [5, 5.41) is 12.4. The zero-order valence-electron chi connectivity index (χ0n) is 17.4. The number of carboxylic acid groups (broad SMARTS) is 1. The number of aryl methyl sites for hydroxylation is 1. The summed E-state index contributed by atoms with van der Waals surface area (Å²) < 4.78 is 51.3. The Balaban J connectivity index is 2.02. The fourth-order valence-corrected chi connectivity index (χ4v) is 3.64. The molecule has 0 spiro atoms. The first-order chi connectivity index (χ1) is 14.6. The van der Waals surface area contributed by atoms with E-state index < -0.39 is 30.0 Å². The zero-order valence-corrected chi connectivity index (χ0v) is 17.4. The van der Waals surface area contributed by atoms with Gasteiger partial charge in [0.25, 0.3) is 0 Å². The topological polar surface area (TPSA) is 93.6 Å². The number of hydrogen-bond acceptors (Lipinski definition) is 6. The largest absolute Gasteiger partial charge is 0.481 e. The van der Waals surface area contributed by atoms with Gasteiger partial charge in [-0.2, -0.15) is 13.2 Å². The minimum Gasteiger partial charge on any atom is -0.481 e. The van der Waals surface area contributed by atoms with E-state index in [9.17, 15) is 23.1 Å². The maximum absolute atomic E-state index is 13.3. The van der Waals surface area contributed by atoms with Gasteiger partial charge in [-0.25, -0.2) is 9.97 Å². The van der Waals surface area contributed by atoms with Crippen molar-refractivity contribution in [1.29, 1.82) is 0 Å². The third-order valence-corrected chi connectivity index (χ3v) is 5.02. The van der Waals surface area contributed by atoms with Gasteiger partial charge in [-0.05, 0) is 44.4 Å². The van der Waals surface area contributed by atoms with E-state index in [1.54, 1.807) is 19.9 Å². The van der Waals surface area contributed by atoms with Crippen molar-refractivity contribution in [3.8, 4) is 0 Å². The van der Waals surface area contributed by atoms with Crippen LogP contribution in [0, 0.1) is 13.8 Å². The summed E-state index contributed by atoms with van der Waals surface area (Å²) in [5.41, 5.74) is 0.440. The van der Waals surface area contributed by atoms with Crippen LogP contribution in [0.5, 0.6) is 0 Å². The molecule has 1 atom stereocenters. The number of hydrogen-bond donors (Lipinski definition) is 2. The number of nitrogens with one attached hydrogen (secondary N) is 1. The molecule has 3 rings (SSSR count). The van der Waals surface area contributed by atoms with Crippen molar-refractivity contribution < 1.29 is 32.5 Å². The van der Waals surface area contributed by atoms with Crippen LogP contribution in [0.4, 0.5) is 19.0 Å². The van der Waals surface area contributed by atoms with E-state index in [4.69, 9.17) is 9.47 Å². The molecule has 0 amide bonds. The van der Waals surface area contributed by atoms with Gasteiger partial charge < -0.3 is 19.9 Å². The van der Waals surface area contributed by atoms with Gasteiger partial charge in [0.2, 0.25) is 0 Å². The van der Waals surface area contributed by atoms with E-state index in [1.165, 1.54) is 13.0 Å². The molecule has 1 saturated heterocycles. The molecule has 2 heterocycles. The normalized spacial score (nSPS) is 16.2. The quantitative estimate of drug-likeness (QED) is 0.691. The summed E-state index contributed by atoms with van der Waals surface area (Å²) in [4.78, 5) is 20.0. The van der Waals surface area contributed by atoms with Gasteiger partial charge in [0, 0.05) is 0 Å². The summed E-state index contributed by atoms with van der Waals surface area (Å²) in [6, 6.07) is 3.46. The van der Waals surface area contributed by atoms with E-state index in [-0.39, 0.29) is 23.5 Å². The second-order valence-corrected chi connectivity index (χ2v) is 7.36. The average Bonchev–Trinajstić information content (AvgIpc) is 2.67. The number of benzene rings is 1. The Labute approximate surface area is 177 Å². The van der Waals surface area contributed by atoms with E-state index in [0.29, 0.717) is 36.6 Å². The second kappa shape index (κ2) is 9.19. The maximum atomic E-state index is 13.3. The fourth-order valence-electron chi connectivity index (χ4n) is 3.64. The summed E-state index contributed by atoms with van der Waals surface area (Å²) >= 11 is 0. The SMILES string of the molecule is Cc1nc(CC(=O)O)c(C2OCCCO2)c(NC(C)c2cccc(C(F)(F)F)c2C)n1. The lowest BCUT2D eigenvalue weighted by molar-refractivity contribution is -0.183. The van der Waals surface area contributed by atoms with Gasteiger partial charge in [0.15, 0.2) is 6.29 Å². The number of ether oxygens (including phenoxy) is 2. The molecule has 10 heteroatoms. The minimum atomic E-state index is -4.46. The van der Waals surface area contributed by atoms with Crippen LogP contribution in [-0.4, -0.2) is 34.3 Å². The number of aliphatic carboxylic acids is 1. The highest BCUT2D eigenvalue weighted by atomic mass is 19.4. The van der Waals surface area contributed by atoms with Crippen molar-refractivity contribution in [3.63, 3.8) is 0 Å². The Morgan fingerprint density at radius 3 is 2.55 bits per heavy atom. The number of carboxylic acids is 1. The third-order valence-electron chi connectivity index (χ3n) is 5.02. The highest BCUT2D eigenvalue weighted by Gasteiger charge is 2.34. The third kappa shape index (κ3) is 5.31.